The van der Waals surface area contributed by atoms with Crippen LogP contribution in [0.5, 0.6) is 17.2 Å². The zero-order valence-corrected chi connectivity index (χ0v) is 21.0. The molecular weight excluding hydrogens is 498 g/mol. The molecule has 1 heterocycles. The minimum Gasteiger partial charge on any atom is -0.507 e. The van der Waals surface area contributed by atoms with E-state index in [0.29, 0.717) is 18.4 Å². The first-order valence-corrected chi connectivity index (χ1v) is 12.3. The number of phenolic OH excluding ortho intramolecular Hbond substituents is 2. The molecule has 1 aliphatic heterocycles. The van der Waals surface area contributed by atoms with Gasteiger partial charge in [0.25, 0.3) is 0 Å². The van der Waals surface area contributed by atoms with Crippen molar-refractivity contribution in [3.05, 3.63) is 51.6 Å². The summed E-state index contributed by atoms with van der Waals surface area (Å²) in [5.74, 6) is -2.56. The van der Waals surface area contributed by atoms with E-state index in [-0.39, 0.29) is 75.8 Å². The number of ether oxygens (including phenoxy) is 2. The number of aromatic hydroxyl groups is 2. The quantitative estimate of drug-likeness (QED) is 0.256. The van der Waals surface area contributed by atoms with E-state index in [1.54, 1.807) is 19.1 Å². The second kappa shape index (κ2) is 10.8. The predicted octanol–water partition coefficient (Wildman–Crippen LogP) is 0.350. The molecule has 0 radical (unpaired) electrons. The fourth-order valence-electron chi connectivity index (χ4n) is 5.32. The molecule has 204 valence electrons. The molecule has 38 heavy (non-hydrogen) atoms. The van der Waals surface area contributed by atoms with Crippen LogP contribution in [0.2, 0.25) is 0 Å². The number of aliphatic hydroxyl groups is 3. The van der Waals surface area contributed by atoms with Crippen molar-refractivity contribution in [1.82, 2.24) is 0 Å². The van der Waals surface area contributed by atoms with Gasteiger partial charge in [0.15, 0.2) is 17.9 Å². The van der Waals surface area contributed by atoms with Crippen LogP contribution in [0, 0.1) is 5.92 Å². The van der Waals surface area contributed by atoms with Crippen molar-refractivity contribution in [2.45, 2.75) is 57.1 Å². The number of phenols is 2. The van der Waals surface area contributed by atoms with Crippen molar-refractivity contribution < 1.29 is 49.4 Å². The van der Waals surface area contributed by atoms with Gasteiger partial charge in [-0.1, -0.05) is 12.1 Å². The molecule has 2 aliphatic carbocycles. The molecule has 1 fully saturated rings. The van der Waals surface area contributed by atoms with Gasteiger partial charge in [-0.25, -0.2) is 0 Å². The zero-order valence-electron chi connectivity index (χ0n) is 21.0. The number of carbonyl (C=O) groups excluding carboxylic acids is 3. The number of methoxy groups -OCH3 is 1. The molecule has 0 aromatic heterocycles. The minimum atomic E-state index is -0.812. The molecular formula is C27H31NO10. The third kappa shape index (κ3) is 4.67. The summed E-state index contributed by atoms with van der Waals surface area (Å²) in [4.78, 5) is 38.1. The van der Waals surface area contributed by atoms with Gasteiger partial charge in [-0.05, 0) is 32.3 Å². The van der Waals surface area contributed by atoms with E-state index in [9.17, 15) is 29.7 Å². The Morgan fingerprint density at radius 3 is 2.37 bits per heavy atom. The molecule has 0 spiro atoms. The van der Waals surface area contributed by atoms with Gasteiger partial charge in [-0.3, -0.25) is 14.4 Å². The van der Waals surface area contributed by atoms with Crippen molar-refractivity contribution in [3.8, 4) is 17.2 Å². The minimum absolute atomic E-state index is 0.0568. The molecule has 5 atom stereocenters. The maximum absolute atomic E-state index is 13.1. The van der Waals surface area contributed by atoms with Gasteiger partial charge < -0.3 is 40.7 Å². The molecule has 11 heteroatoms. The van der Waals surface area contributed by atoms with Crippen LogP contribution < -0.4 is 10.5 Å². The number of carbonyl (C=O) groups is 3. The molecule has 0 saturated carbocycles. The lowest BCUT2D eigenvalue weighted by molar-refractivity contribution is -0.198. The average molecular weight is 530 g/mol. The van der Waals surface area contributed by atoms with Gasteiger partial charge in [0.05, 0.1) is 36.0 Å². The lowest BCUT2D eigenvalue weighted by Gasteiger charge is -2.33. The van der Waals surface area contributed by atoms with Gasteiger partial charge >= 0.3 is 0 Å². The number of Topliss-reactive ketones (excluding diaryl/α,β-unsaturated/α-hetero) is 1. The van der Waals surface area contributed by atoms with Gasteiger partial charge in [0, 0.05) is 35.1 Å². The van der Waals surface area contributed by atoms with E-state index in [0.717, 1.165) is 0 Å². The highest BCUT2D eigenvalue weighted by Gasteiger charge is 2.41. The summed E-state index contributed by atoms with van der Waals surface area (Å²) in [6.07, 6.45) is -0.798. The van der Waals surface area contributed by atoms with Crippen LogP contribution in [0.15, 0.2) is 18.2 Å². The summed E-state index contributed by atoms with van der Waals surface area (Å²) in [5, 5.41) is 48.9. The van der Waals surface area contributed by atoms with Crippen LogP contribution >= 0.6 is 0 Å². The molecule has 2 aromatic carbocycles. The van der Waals surface area contributed by atoms with Crippen molar-refractivity contribution in [1.29, 1.82) is 0 Å². The molecule has 3 aliphatic rings. The summed E-state index contributed by atoms with van der Waals surface area (Å²) in [6, 6.07) is 4.22. The van der Waals surface area contributed by atoms with E-state index in [1.165, 1.54) is 13.2 Å². The summed E-state index contributed by atoms with van der Waals surface area (Å²) in [6.45, 7) is 1.08. The van der Waals surface area contributed by atoms with E-state index >= 15 is 0 Å². The highest BCUT2D eigenvalue weighted by Crippen LogP contribution is 2.47. The fraction of sp³-hybridized carbons (Fsp3) is 0.444. The molecule has 5 rings (SSSR count). The Morgan fingerprint density at radius 2 is 1.74 bits per heavy atom. The van der Waals surface area contributed by atoms with Crippen molar-refractivity contribution in [3.63, 3.8) is 0 Å². The Hall–Kier alpha value is -3.35. The molecule has 0 amide bonds. The molecule has 7 N–H and O–H groups in total. The monoisotopic (exact) mass is 529 g/mol. The number of rotatable bonds is 3. The van der Waals surface area contributed by atoms with E-state index < -0.39 is 36.5 Å². The van der Waals surface area contributed by atoms with E-state index in [1.807, 2.05) is 0 Å². The number of hydrogen-bond donors (Lipinski definition) is 6. The second-order valence-electron chi connectivity index (χ2n) is 9.70. The molecule has 2 aromatic rings. The zero-order chi connectivity index (χ0) is 27.9. The second-order valence-corrected chi connectivity index (χ2v) is 9.70. The largest absolute Gasteiger partial charge is 0.507 e. The van der Waals surface area contributed by atoms with Gasteiger partial charge in [-0.2, -0.15) is 0 Å². The maximum Gasteiger partial charge on any atom is 0.202 e. The third-order valence-corrected chi connectivity index (χ3v) is 7.40. The Kier molecular flexibility index (Phi) is 7.86. The number of aliphatic hydroxyl groups excluding tert-OH is 3. The van der Waals surface area contributed by atoms with E-state index in [4.69, 9.17) is 25.4 Å². The van der Waals surface area contributed by atoms with E-state index in [2.05, 4.69) is 0 Å². The van der Waals surface area contributed by atoms with Crippen LogP contribution in [-0.2, 0) is 22.4 Å². The number of fused-ring (bicyclic) bond motifs is 3. The normalized spacial score (nSPS) is 25.9. The van der Waals surface area contributed by atoms with Crippen LogP contribution in [-0.4, -0.2) is 81.1 Å². The summed E-state index contributed by atoms with van der Waals surface area (Å²) >= 11 is 0. The fourth-order valence-corrected chi connectivity index (χ4v) is 5.32. The SMILES string of the molecule is CC1OC(O)CC(N)C1O.COc1cccc2c1C(=O)c1c(O)c3c(c(O)c1C2=O)CC(C(=O)CO)CC3. The number of nitrogens with two attached hydrogens (primary N) is 1. The first kappa shape index (κ1) is 27.7. The maximum atomic E-state index is 13.1. The summed E-state index contributed by atoms with van der Waals surface area (Å²) in [5.41, 5.74) is 5.77. The lowest BCUT2D eigenvalue weighted by Crippen LogP contribution is -2.51. The summed E-state index contributed by atoms with van der Waals surface area (Å²) in [7, 11) is 1.38. The predicted molar refractivity (Wildman–Crippen MR) is 132 cm³/mol. The van der Waals surface area contributed by atoms with Crippen molar-refractivity contribution >= 4 is 17.3 Å². The van der Waals surface area contributed by atoms with Gasteiger partial charge in [-0.15, -0.1) is 0 Å². The average Bonchev–Trinajstić information content (AvgIpc) is 2.91. The standard InChI is InChI=1S/C21H18O7.C6H13NO3/c1-28-14-4-2-3-11-15(14)21(27)17-16(19(11)25)20(26)12-7-9(13(23)8-22)5-6-10(12)18(17)24;1-3-6(9)4(7)2-5(8)10-3/h2-4,9,22,24,26H,5-8H2,1H3;3-6,8-9H,2,7H2,1H3. The lowest BCUT2D eigenvalue weighted by atomic mass is 9.75. The Labute approximate surface area is 218 Å². The van der Waals surface area contributed by atoms with Gasteiger partial charge in [0.2, 0.25) is 5.78 Å². The van der Waals surface area contributed by atoms with Crippen LogP contribution in [0.1, 0.15) is 62.7 Å². The molecule has 1 saturated heterocycles. The van der Waals surface area contributed by atoms with Crippen LogP contribution in [0.4, 0.5) is 0 Å². The molecule has 5 unspecified atom stereocenters. The first-order valence-electron chi connectivity index (χ1n) is 12.3. The first-order chi connectivity index (χ1) is 18.0. The summed E-state index contributed by atoms with van der Waals surface area (Å²) < 4.78 is 10.1. The number of ketones is 3. The van der Waals surface area contributed by atoms with Crippen LogP contribution in [0.25, 0.3) is 0 Å². The third-order valence-electron chi connectivity index (χ3n) is 7.40. The Bertz CT molecular complexity index is 1280. The molecule has 11 nitrogen and oxygen atoms in total. The topological polar surface area (TPSA) is 197 Å². The Morgan fingerprint density at radius 1 is 1.08 bits per heavy atom. The molecule has 0 bridgehead atoms. The Balaban J connectivity index is 0.000000283. The van der Waals surface area contributed by atoms with Gasteiger partial charge in [0.1, 0.15) is 23.9 Å². The smallest absolute Gasteiger partial charge is 0.202 e. The van der Waals surface area contributed by atoms with Crippen LogP contribution in [0.3, 0.4) is 0 Å². The number of hydrogen-bond acceptors (Lipinski definition) is 11. The highest BCUT2D eigenvalue weighted by atomic mass is 16.6. The van der Waals surface area contributed by atoms with Crippen molar-refractivity contribution in [2.24, 2.45) is 11.7 Å². The van der Waals surface area contributed by atoms with Crippen molar-refractivity contribution in [2.75, 3.05) is 13.7 Å². The highest BCUT2D eigenvalue weighted by molar-refractivity contribution is 6.31. The number of benzene rings is 2.